The third-order valence-electron chi connectivity index (χ3n) is 1.54. The smallest absolute Gasteiger partial charge is 0.00799 e. The van der Waals surface area contributed by atoms with Crippen molar-refractivity contribution in [2.75, 3.05) is 6.54 Å². The average Bonchev–Trinajstić information content (AvgIpc) is 2.95. The van der Waals surface area contributed by atoms with Crippen LogP contribution < -0.4 is 5.73 Å². The van der Waals surface area contributed by atoms with Gasteiger partial charge in [-0.05, 0) is 13.0 Å². The Morgan fingerprint density at radius 3 is 0.867 bits per heavy atom. The largest absolute Gasteiger partial charge is 0.330 e. The fraction of sp³-hybridized carbons (Fsp3) is 1.00. The van der Waals surface area contributed by atoms with Crippen LogP contribution in [0.3, 0.4) is 0 Å². The quantitative estimate of drug-likeness (QED) is 0.629. The van der Waals surface area contributed by atoms with Crippen LogP contribution in [0.4, 0.5) is 0 Å². The van der Waals surface area contributed by atoms with Gasteiger partial charge in [0.05, 0.1) is 0 Å². The lowest BCUT2D eigenvalue weighted by atomic mass is 10.4. The lowest BCUT2D eigenvalue weighted by Crippen LogP contribution is -1.93. The molecular formula is C14H37N. The lowest BCUT2D eigenvalue weighted by molar-refractivity contribution is 0.886. The summed E-state index contributed by atoms with van der Waals surface area (Å²) in [4.78, 5) is 0. The van der Waals surface area contributed by atoms with Gasteiger partial charge in [-0.15, -0.1) is 0 Å². The van der Waals surface area contributed by atoms with Crippen LogP contribution in [-0.4, -0.2) is 6.54 Å². The number of nitrogens with two attached hydrogens (primary N) is 1. The van der Waals surface area contributed by atoms with E-state index >= 15 is 0 Å². The van der Waals surface area contributed by atoms with Gasteiger partial charge in [0.15, 0.2) is 0 Å². The SMILES string of the molecule is C1CCCC1.CC.CC.CC.CCCN. The standard InChI is InChI=1S/C5H10.C3H9N.3C2H6/c1-2-4-5-3-1;1-2-3-4;3*1-2/h1-5H2;2-4H2,1H3;3*1-2H3. The predicted molar refractivity (Wildman–Crippen MR) is 76.5 cm³/mol. The Balaban J connectivity index is -0.0000000552. The van der Waals surface area contributed by atoms with Gasteiger partial charge in [-0.2, -0.15) is 0 Å². The topological polar surface area (TPSA) is 26.0 Å². The molecule has 1 nitrogen and oxygen atoms in total. The molecule has 0 aromatic carbocycles. The Morgan fingerprint density at radius 1 is 0.667 bits per heavy atom. The summed E-state index contributed by atoms with van der Waals surface area (Å²) in [7, 11) is 0. The molecule has 1 aliphatic rings. The van der Waals surface area contributed by atoms with Gasteiger partial charge >= 0.3 is 0 Å². The molecule has 0 atom stereocenters. The fourth-order valence-corrected chi connectivity index (χ4v) is 0.884. The highest BCUT2D eigenvalue weighted by Crippen LogP contribution is 2.15. The van der Waals surface area contributed by atoms with Crippen molar-refractivity contribution in [2.45, 2.75) is 87.0 Å². The minimum atomic E-state index is 0.819. The maximum Gasteiger partial charge on any atom is -0.00799 e. The molecule has 0 amide bonds. The zero-order valence-electron chi connectivity index (χ0n) is 12.5. The summed E-state index contributed by atoms with van der Waals surface area (Å²) in [6.07, 6.45) is 8.60. The Morgan fingerprint density at radius 2 is 0.800 bits per heavy atom. The summed E-state index contributed by atoms with van der Waals surface area (Å²) < 4.78 is 0. The molecule has 1 rings (SSSR count). The third-order valence-corrected chi connectivity index (χ3v) is 1.54. The second-order valence-corrected chi connectivity index (χ2v) is 2.56. The van der Waals surface area contributed by atoms with E-state index in [4.69, 9.17) is 5.73 Å². The molecule has 0 saturated heterocycles. The van der Waals surface area contributed by atoms with Crippen LogP contribution in [0, 0.1) is 0 Å². The Bertz CT molecular complexity index is 31.0. The van der Waals surface area contributed by atoms with E-state index in [1.807, 2.05) is 41.5 Å². The summed E-state index contributed by atoms with van der Waals surface area (Å²) >= 11 is 0. The van der Waals surface area contributed by atoms with E-state index in [1.54, 1.807) is 0 Å². The lowest BCUT2D eigenvalue weighted by Gasteiger charge is -1.70. The van der Waals surface area contributed by atoms with Gasteiger partial charge in [0, 0.05) is 0 Å². The molecule has 1 heteroatoms. The zero-order valence-corrected chi connectivity index (χ0v) is 12.5. The van der Waals surface area contributed by atoms with Gasteiger partial charge in [-0.3, -0.25) is 0 Å². The van der Waals surface area contributed by atoms with Crippen molar-refractivity contribution in [2.24, 2.45) is 5.73 Å². The second kappa shape index (κ2) is 48.4. The first kappa shape index (κ1) is 24.3. The minimum absolute atomic E-state index is 0.819. The highest BCUT2D eigenvalue weighted by Gasteiger charge is 1.95. The van der Waals surface area contributed by atoms with Gasteiger partial charge in [0.2, 0.25) is 0 Å². The number of hydrogen-bond donors (Lipinski definition) is 1. The van der Waals surface area contributed by atoms with Crippen molar-refractivity contribution in [1.29, 1.82) is 0 Å². The molecule has 0 aliphatic heterocycles. The van der Waals surface area contributed by atoms with Gasteiger partial charge in [0.25, 0.3) is 0 Å². The summed E-state index contributed by atoms with van der Waals surface area (Å²) in [5, 5.41) is 0. The number of hydrogen-bond acceptors (Lipinski definition) is 1. The third kappa shape index (κ3) is 56.2. The normalized spacial score (nSPS) is 11.2. The molecule has 1 saturated carbocycles. The first-order chi connectivity index (χ1) is 7.41. The van der Waals surface area contributed by atoms with Gasteiger partial charge in [-0.25, -0.2) is 0 Å². The van der Waals surface area contributed by atoms with Crippen molar-refractivity contribution >= 4 is 0 Å². The Hall–Kier alpha value is -0.0400. The van der Waals surface area contributed by atoms with Crippen molar-refractivity contribution in [1.82, 2.24) is 0 Å². The van der Waals surface area contributed by atoms with Crippen LogP contribution in [0.25, 0.3) is 0 Å². The predicted octanol–water partition coefficient (Wildman–Crippen LogP) is 5.38. The van der Waals surface area contributed by atoms with Crippen LogP contribution in [0.15, 0.2) is 0 Å². The molecule has 0 spiro atoms. The maximum absolute atomic E-state index is 5.03. The van der Waals surface area contributed by atoms with Crippen LogP contribution in [-0.2, 0) is 0 Å². The van der Waals surface area contributed by atoms with Crippen molar-refractivity contribution in [3.05, 3.63) is 0 Å². The molecular weight excluding hydrogens is 182 g/mol. The molecule has 1 aliphatic carbocycles. The van der Waals surface area contributed by atoms with Crippen LogP contribution in [0.1, 0.15) is 87.0 Å². The number of rotatable bonds is 1. The van der Waals surface area contributed by atoms with Crippen molar-refractivity contribution in [3.63, 3.8) is 0 Å². The highest BCUT2D eigenvalue weighted by molar-refractivity contribution is 4.51. The summed E-state index contributed by atoms with van der Waals surface area (Å²) in [5.74, 6) is 0. The van der Waals surface area contributed by atoms with Crippen molar-refractivity contribution in [3.8, 4) is 0 Å². The Kier molecular flexibility index (Phi) is 78.3. The van der Waals surface area contributed by atoms with Gasteiger partial charge < -0.3 is 5.73 Å². The average molecular weight is 219 g/mol. The first-order valence-corrected chi connectivity index (χ1v) is 7.12. The van der Waals surface area contributed by atoms with E-state index in [-0.39, 0.29) is 0 Å². The molecule has 1 fully saturated rings. The molecule has 15 heavy (non-hydrogen) atoms. The van der Waals surface area contributed by atoms with Crippen LogP contribution >= 0.6 is 0 Å². The summed E-state index contributed by atoms with van der Waals surface area (Å²) in [5.41, 5.74) is 5.03. The van der Waals surface area contributed by atoms with Crippen LogP contribution in [0.2, 0.25) is 0 Å². The molecule has 0 aromatic rings. The molecule has 0 aromatic heterocycles. The zero-order chi connectivity index (χ0) is 12.9. The molecule has 0 heterocycles. The second-order valence-electron chi connectivity index (χ2n) is 2.56. The molecule has 0 bridgehead atoms. The van der Waals surface area contributed by atoms with Crippen LogP contribution in [0.5, 0.6) is 0 Å². The Labute approximate surface area is 99.8 Å². The van der Waals surface area contributed by atoms with E-state index < -0.39 is 0 Å². The summed E-state index contributed by atoms with van der Waals surface area (Å²) in [6, 6.07) is 0. The molecule has 2 N–H and O–H groups in total. The maximum atomic E-state index is 5.03. The monoisotopic (exact) mass is 219 g/mol. The van der Waals surface area contributed by atoms with Crippen molar-refractivity contribution < 1.29 is 0 Å². The molecule has 0 radical (unpaired) electrons. The van der Waals surface area contributed by atoms with E-state index in [1.165, 1.54) is 32.1 Å². The molecule has 98 valence electrons. The van der Waals surface area contributed by atoms with Gasteiger partial charge in [-0.1, -0.05) is 80.6 Å². The van der Waals surface area contributed by atoms with Gasteiger partial charge in [0.1, 0.15) is 0 Å². The van der Waals surface area contributed by atoms with E-state index in [0.717, 1.165) is 13.0 Å². The minimum Gasteiger partial charge on any atom is -0.330 e. The highest BCUT2D eigenvalue weighted by atomic mass is 14.5. The fourth-order valence-electron chi connectivity index (χ4n) is 0.884. The van der Waals surface area contributed by atoms with E-state index in [9.17, 15) is 0 Å². The van der Waals surface area contributed by atoms with E-state index in [0.29, 0.717) is 0 Å². The molecule has 0 unspecified atom stereocenters. The van der Waals surface area contributed by atoms with E-state index in [2.05, 4.69) is 6.92 Å². The first-order valence-electron chi connectivity index (χ1n) is 7.12. The summed E-state index contributed by atoms with van der Waals surface area (Å²) in [6.45, 7) is 14.9.